The summed E-state index contributed by atoms with van der Waals surface area (Å²) in [5.41, 5.74) is 0.826. The average Bonchev–Trinajstić information content (AvgIpc) is 2.29. The molecule has 2 nitrogen and oxygen atoms in total. The van der Waals surface area contributed by atoms with Crippen molar-refractivity contribution in [2.24, 2.45) is 0 Å². The van der Waals surface area contributed by atoms with Gasteiger partial charge in [-0.05, 0) is 24.6 Å². The molecule has 0 aliphatic rings. The average molecular weight is 229 g/mol. The van der Waals surface area contributed by atoms with Crippen LogP contribution in [0.25, 0.3) is 0 Å². The van der Waals surface area contributed by atoms with E-state index in [-0.39, 0.29) is 18.2 Å². The third kappa shape index (κ3) is 3.54. The maximum atomic E-state index is 12.5. The van der Waals surface area contributed by atoms with Crippen LogP contribution >= 0.6 is 0 Å². The SMILES string of the molecule is CCNC(CCO)c1cccc(C(F)F)c1. The monoisotopic (exact) mass is 229 g/mol. The lowest BCUT2D eigenvalue weighted by atomic mass is 10.0. The summed E-state index contributed by atoms with van der Waals surface area (Å²) in [4.78, 5) is 0. The van der Waals surface area contributed by atoms with Crippen molar-refractivity contribution in [3.8, 4) is 0 Å². The quantitative estimate of drug-likeness (QED) is 0.786. The van der Waals surface area contributed by atoms with Crippen molar-refractivity contribution in [3.63, 3.8) is 0 Å². The van der Waals surface area contributed by atoms with Gasteiger partial charge in [-0.15, -0.1) is 0 Å². The molecule has 1 rings (SSSR count). The molecule has 0 aliphatic heterocycles. The number of benzene rings is 1. The summed E-state index contributed by atoms with van der Waals surface area (Å²) in [6.07, 6.45) is -1.92. The largest absolute Gasteiger partial charge is 0.396 e. The molecule has 0 heterocycles. The van der Waals surface area contributed by atoms with Crippen molar-refractivity contribution in [3.05, 3.63) is 35.4 Å². The van der Waals surface area contributed by atoms with Gasteiger partial charge in [0.25, 0.3) is 6.43 Å². The molecule has 0 saturated carbocycles. The molecule has 0 amide bonds. The van der Waals surface area contributed by atoms with Crippen molar-refractivity contribution >= 4 is 0 Å². The Bertz CT molecular complexity index is 312. The van der Waals surface area contributed by atoms with E-state index in [1.807, 2.05) is 6.92 Å². The van der Waals surface area contributed by atoms with Gasteiger partial charge in [0.1, 0.15) is 0 Å². The molecule has 0 bridgehead atoms. The van der Waals surface area contributed by atoms with Crippen LogP contribution in [0.3, 0.4) is 0 Å². The highest BCUT2D eigenvalue weighted by Crippen LogP contribution is 2.23. The minimum atomic E-state index is -2.45. The summed E-state index contributed by atoms with van der Waals surface area (Å²) in [5.74, 6) is 0. The molecule has 1 unspecified atom stereocenters. The number of halogens is 2. The van der Waals surface area contributed by atoms with Crippen molar-refractivity contribution < 1.29 is 13.9 Å². The van der Waals surface area contributed by atoms with Crippen LogP contribution in [-0.4, -0.2) is 18.3 Å². The zero-order chi connectivity index (χ0) is 12.0. The van der Waals surface area contributed by atoms with Gasteiger partial charge >= 0.3 is 0 Å². The number of hydrogen-bond acceptors (Lipinski definition) is 2. The van der Waals surface area contributed by atoms with Crippen LogP contribution in [0.4, 0.5) is 8.78 Å². The smallest absolute Gasteiger partial charge is 0.263 e. The number of aliphatic hydroxyl groups excluding tert-OH is 1. The van der Waals surface area contributed by atoms with Crippen LogP contribution < -0.4 is 5.32 Å². The Kier molecular flexibility index (Phi) is 5.35. The molecule has 1 aromatic carbocycles. The van der Waals surface area contributed by atoms with Gasteiger partial charge in [0.15, 0.2) is 0 Å². The number of alkyl halides is 2. The van der Waals surface area contributed by atoms with Gasteiger partial charge in [-0.3, -0.25) is 0 Å². The fourth-order valence-corrected chi connectivity index (χ4v) is 1.67. The zero-order valence-corrected chi connectivity index (χ0v) is 9.29. The van der Waals surface area contributed by atoms with Gasteiger partial charge in [0.2, 0.25) is 0 Å². The fourth-order valence-electron chi connectivity index (χ4n) is 1.67. The van der Waals surface area contributed by atoms with Crippen LogP contribution in [0.15, 0.2) is 24.3 Å². The molecule has 4 heteroatoms. The van der Waals surface area contributed by atoms with E-state index < -0.39 is 6.43 Å². The van der Waals surface area contributed by atoms with E-state index in [0.717, 1.165) is 12.1 Å². The Labute approximate surface area is 94.3 Å². The molecule has 0 radical (unpaired) electrons. The van der Waals surface area contributed by atoms with Crippen molar-refractivity contribution in [2.75, 3.05) is 13.2 Å². The molecule has 90 valence electrons. The molecule has 0 aromatic heterocycles. The van der Waals surface area contributed by atoms with Gasteiger partial charge < -0.3 is 10.4 Å². The van der Waals surface area contributed by atoms with E-state index >= 15 is 0 Å². The van der Waals surface area contributed by atoms with Crippen molar-refractivity contribution in [1.29, 1.82) is 0 Å². The summed E-state index contributed by atoms with van der Waals surface area (Å²) in [6.45, 7) is 2.72. The Morgan fingerprint density at radius 2 is 2.00 bits per heavy atom. The van der Waals surface area contributed by atoms with Gasteiger partial charge in [-0.2, -0.15) is 0 Å². The van der Waals surface area contributed by atoms with Crippen LogP contribution in [0.2, 0.25) is 0 Å². The molecular formula is C12H17F2NO. The van der Waals surface area contributed by atoms with Crippen molar-refractivity contribution in [2.45, 2.75) is 25.8 Å². The van der Waals surface area contributed by atoms with Gasteiger partial charge in [0.05, 0.1) is 0 Å². The maximum absolute atomic E-state index is 12.5. The third-order valence-electron chi connectivity index (χ3n) is 2.43. The first-order valence-electron chi connectivity index (χ1n) is 5.41. The number of nitrogens with one attached hydrogen (secondary N) is 1. The van der Waals surface area contributed by atoms with Gasteiger partial charge in [-0.25, -0.2) is 8.78 Å². The van der Waals surface area contributed by atoms with Crippen LogP contribution in [0, 0.1) is 0 Å². The number of aliphatic hydroxyl groups is 1. The summed E-state index contributed by atoms with van der Waals surface area (Å²) in [7, 11) is 0. The minimum Gasteiger partial charge on any atom is -0.396 e. The molecule has 0 saturated heterocycles. The molecule has 1 atom stereocenters. The van der Waals surface area contributed by atoms with E-state index in [1.165, 1.54) is 12.1 Å². The lowest BCUT2D eigenvalue weighted by Gasteiger charge is -2.17. The molecule has 0 spiro atoms. The number of rotatable bonds is 6. The predicted octanol–water partition coefficient (Wildman–Crippen LogP) is 2.66. The van der Waals surface area contributed by atoms with Crippen LogP contribution in [0.5, 0.6) is 0 Å². The van der Waals surface area contributed by atoms with Gasteiger partial charge in [-0.1, -0.05) is 25.1 Å². The fraction of sp³-hybridized carbons (Fsp3) is 0.500. The first kappa shape index (κ1) is 13.1. The Morgan fingerprint density at radius 1 is 1.31 bits per heavy atom. The Balaban J connectivity index is 2.86. The topological polar surface area (TPSA) is 32.3 Å². The highest BCUT2D eigenvalue weighted by atomic mass is 19.3. The van der Waals surface area contributed by atoms with E-state index in [2.05, 4.69) is 5.32 Å². The second kappa shape index (κ2) is 6.55. The predicted molar refractivity (Wildman–Crippen MR) is 59.5 cm³/mol. The van der Waals surface area contributed by atoms with Crippen LogP contribution in [-0.2, 0) is 0 Å². The molecule has 1 aromatic rings. The minimum absolute atomic E-state index is 0.0262. The summed E-state index contributed by atoms with van der Waals surface area (Å²) in [6, 6.07) is 6.27. The highest BCUT2D eigenvalue weighted by molar-refractivity contribution is 5.26. The van der Waals surface area contributed by atoms with Gasteiger partial charge in [0, 0.05) is 18.2 Å². The third-order valence-corrected chi connectivity index (χ3v) is 2.43. The molecule has 16 heavy (non-hydrogen) atoms. The lowest BCUT2D eigenvalue weighted by molar-refractivity contribution is 0.151. The zero-order valence-electron chi connectivity index (χ0n) is 9.29. The Morgan fingerprint density at radius 3 is 2.56 bits per heavy atom. The normalized spacial score (nSPS) is 13.1. The number of hydrogen-bond donors (Lipinski definition) is 2. The van der Waals surface area contributed by atoms with Crippen LogP contribution in [0.1, 0.15) is 36.9 Å². The second-order valence-electron chi connectivity index (χ2n) is 3.59. The highest BCUT2D eigenvalue weighted by Gasteiger charge is 2.12. The van der Waals surface area contributed by atoms with E-state index in [4.69, 9.17) is 5.11 Å². The lowest BCUT2D eigenvalue weighted by Crippen LogP contribution is -2.22. The molecule has 0 fully saturated rings. The summed E-state index contributed by atoms with van der Waals surface area (Å²) in [5, 5.41) is 12.1. The molecule has 2 N–H and O–H groups in total. The maximum Gasteiger partial charge on any atom is 0.263 e. The first-order chi connectivity index (χ1) is 7.69. The van der Waals surface area contributed by atoms with Crippen molar-refractivity contribution in [1.82, 2.24) is 5.32 Å². The second-order valence-corrected chi connectivity index (χ2v) is 3.59. The van der Waals surface area contributed by atoms with E-state index in [9.17, 15) is 8.78 Å². The summed E-state index contributed by atoms with van der Waals surface area (Å²) < 4.78 is 25.0. The van der Waals surface area contributed by atoms with E-state index in [0.29, 0.717) is 6.42 Å². The molecular weight excluding hydrogens is 212 g/mol. The standard InChI is InChI=1S/C12H17F2NO/c1-2-15-11(6-7-16)9-4-3-5-10(8-9)12(13)14/h3-5,8,11-12,15-16H,2,6-7H2,1H3. The first-order valence-corrected chi connectivity index (χ1v) is 5.41. The Hall–Kier alpha value is -1.00. The molecule has 0 aliphatic carbocycles. The summed E-state index contributed by atoms with van der Waals surface area (Å²) >= 11 is 0. The van der Waals surface area contributed by atoms with E-state index in [1.54, 1.807) is 12.1 Å².